The van der Waals surface area contributed by atoms with Crippen LogP contribution >= 0.6 is 0 Å². The zero-order valence-corrected chi connectivity index (χ0v) is 6.38. The molecule has 0 atom stereocenters. The Balaban J connectivity index is 4.95. The highest BCUT2D eigenvalue weighted by Crippen LogP contribution is 2.03. The standard InChI is InChI=1S/C4H7NO4S/c1-3-4(5(6)7)10(2,8)9/h3H,1-2H3/b4-3+. The first-order valence-corrected chi connectivity index (χ1v) is 4.29. The van der Waals surface area contributed by atoms with E-state index in [1.807, 2.05) is 0 Å². The highest BCUT2D eigenvalue weighted by molar-refractivity contribution is 7.94. The van der Waals surface area contributed by atoms with Crippen molar-refractivity contribution in [2.24, 2.45) is 0 Å². The van der Waals surface area contributed by atoms with E-state index in [2.05, 4.69) is 0 Å². The smallest absolute Gasteiger partial charge is 0.258 e. The maximum atomic E-state index is 10.5. The minimum absolute atomic E-state index is 0.757. The zero-order valence-electron chi connectivity index (χ0n) is 5.57. The van der Waals surface area contributed by atoms with E-state index >= 15 is 0 Å². The summed E-state index contributed by atoms with van der Waals surface area (Å²) in [5.41, 5.74) is 0. The third-order valence-electron chi connectivity index (χ3n) is 0.807. The molecule has 0 saturated carbocycles. The summed E-state index contributed by atoms with van der Waals surface area (Å²) in [5.74, 6) is 0. The van der Waals surface area contributed by atoms with Gasteiger partial charge in [-0.15, -0.1) is 0 Å². The number of nitro groups is 1. The van der Waals surface area contributed by atoms with Crippen molar-refractivity contribution in [3.63, 3.8) is 0 Å². The largest absolute Gasteiger partial charge is 0.354 e. The Morgan fingerprint density at radius 2 is 2.00 bits per heavy atom. The molecule has 5 nitrogen and oxygen atoms in total. The molecule has 0 amide bonds. The summed E-state index contributed by atoms with van der Waals surface area (Å²) in [6, 6.07) is 0. The number of nitrogens with zero attached hydrogens (tertiary/aromatic N) is 1. The Morgan fingerprint density at radius 3 is 2.00 bits per heavy atom. The molecule has 0 aliphatic rings. The molecule has 0 bridgehead atoms. The Labute approximate surface area is 58.4 Å². The minimum atomic E-state index is -3.65. The first kappa shape index (κ1) is 9.09. The number of allylic oxidation sites excluding steroid dienone is 1. The van der Waals surface area contributed by atoms with Crippen molar-refractivity contribution in [2.45, 2.75) is 6.92 Å². The maximum absolute atomic E-state index is 10.5. The van der Waals surface area contributed by atoms with Gasteiger partial charge in [0.1, 0.15) is 0 Å². The molecule has 0 radical (unpaired) electrons. The van der Waals surface area contributed by atoms with Crippen LogP contribution < -0.4 is 0 Å². The van der Waals surface area contributed by atoms with Crippen LogP contribution in [0.5, 0.6) is 0 Å². The van der Waals surface area contributed by atoms with E-state index in [-0.39, 0.29) is 0 Å². The van der Waals surface area contributed by atoms with Crippen LogP contribution in [0.4, 0.5) is 0 Å². The van der Waals surface area contributed by atoms with Gasteiger partial charge in [-0.2, -0.15) is 0 Å². The van der Waals surface area contributed by atoms with Crippen LogP contribution in [0.3, 0.4) is 0 Å². The molecule has 6 heteroatoms. The lowest BCUT2D eigenvalue weighted by Crippen LogP contribution is -2.09. The lowest BCUT2D eigenvalue weighted by molar-refractivity contribution is -0.411. The summed E-state index contributed by atoms with van der Waals surface area (Å²) in [6.07, 6.45) is 1.75. The number of sulfone groups is 1. The van der Waals surface area contributed by atoms with Gasteiger partial charge in [-0.3, -0.25) is 10.1 Å². The lowest BCUT2D eigenvalue weighted by Gasteiger charge is -1.90. The van der Waals surface area contributed by atoms with Gasteiger partial charge >= 0.3 is 5.03 Å². The van der Waals surface area contributed by atoms with Gasteiger partial charge in [0.2, 0.25) is 9.84 Å². The zero-order chi connectivity index (χ0) is 8.36. The van der Waals surface area contributed by atoms with Gasteiger partial charge in [-0.25, -0.2) is 8.42 Å². The monoisotopic (exact) mass is 165 g/mol. The molecule has 0 aliphatic carbocycles. The van der Waals surface area contributed by atoms with Crippen LogP contribution in [-0.2, 0) is 9.84 Å². The average molecular weight is 165 g/mol. The second kappa shape index (κ2) is 2.78. The number of hydrogen-bond donors (Lipinski definition) is 0. The van der Waals surface area contributed by atoms with Crippen LogP contribution in [0.15, 0.2) is 11.1 Å². The van der Waals surface area contributed by atoms with Gasteiger partial charge in [0.05, 0.1) is 4.92 Å². The van der Waals surface area contributed by atoms with Gasteiger partial charge in [-0.1, -0.05) is 0 Å². The van der Waals surface area contributed by atoms with Crippen molar-refractivity contribution in [3.05, 3.63) is 21.2 Å². The quantitative estimate of drug-likeness (QED) is 0.431. The van der Waals surface area contributed by atoms with Gasteiger partial charge in [0.25, 0.3) is 0 Å². The maximum Gasteiger partial charge on any atom is 0.354 e. The molecule has 0 rings (SSSR count). The van der Waals surface area contributed by atoms with Gasteiger partial charge in [0.15, 0.2) is 0 Å². The topological polar surface area (TPSA) is 77.3 Å². The molecule has 0 unspecified atom stereocenters. The summed E-state index contributed by atoms with van der Waals surface area (Å²) >= 11 is 0. The molecule has 0 aromatic rings. The van der Waals surface area contributed by atoms with E-state index in [0.29, 0.717) is 0 Å². The fraction of sp³-hybridized carbons (Fsp3) is 0.500. The molecule has 0 N–H and O–H groups in total. The predicted octanol–water partition coefficient (Wildman–Crippen LogP) is 0.169. The summed E-state index contributed by atoms with van der Waals surface area (Å²) in [5, 5.41) is 9.18. The van der Waals surface area contributed by atoms with Crippen LogP contribution in [0.1, 0.15) is 6.92 Å². The first-order valence-electron chi connectivity index (χ1n) is 2.40. The van der Waals surface area contributed by atoms with Crippen molar-refractivity contribution in [3.8, 4) is 0 Å². The average Bonchev–Trinajstić information content (AvgIpc) is 1.60. The number of rotatable bonds is 2. The van der Waals surface area contributed by atoms with E-state index in [1.165, 1.54) is 6.92 Å². The summed E-state index contributed by atoms with van der Waals surface area (Å²) in [6.45, 7) is 1.30. The van der Waals surface area contributed by atoms with Gasteiger partial charge < -0.3 is 0 Å². The Kier molecular flexibility index (Phi) is 2.53. The molecule has 0 saturated heterocycles. The second-order valence-electron chi connectivity index (χ2n) is 1.66. The highest BCUT2D eigenvalue weighted by atomic mass is 32.2. The van der Waals surface area contributed by atoms with E-state index in [0.717, 1.165) is 12.3 Å². The molecule has 10 heavy (non-hydrogen) atoms. The summed E-state index contributed by atoms with van der Waals surface area (Å²) in [7, 11) is -3.65. The highest BCUT2D eigenvalue weighted by Gasteiger charge is 2.21. The van der Waals surface area contributed by atoms with Crippen molar-refractivity contribution in [2.75, 3.05) is 6.26 Å². The van der Waals surface area contributed by atoms with Crippen molar-refractivity contribution < 1.29 is 13.3 Å². The third-order valence-corrected chi connectivity index (χ3v) is 1.95. The van der Waals surface area contributed by atoms with Crippen LogP contribution in [0.2, 0.25) is 0 Å². The molecule has 0 aliphatic heterocycles. The van der Waals surface area contributed by atoms with E-state index in [4.69, 9.17) is 0 Å². The second-order valence-corrected chi connectivity index (χ2v) is 3.62. The normalized spacial score (nSPS) is 13.2. The Morgan fingerprint density at radius 1 is 1.60 bits per heavy atom. The molecule has 0 aromatic heterocycles. The van der Waals surface area contributed by atoms with Crippen molar-refractivity contribution >= 4 is 9.84 Å². The molecule has 0 heterocycles. The fourth-order valence-electron chi connectivity index (χ4n) is 0.455. The molecule has 0 spiro atoms. The minimum Gasteiger partial charge on any atom is -0.258 e. The fourth-order valence-corrected chi connectivity index (χ4v) is 1.15. The predicted molar refractivity (Wildman–Crippen MR) is 35.6 cm³/mol. The van der Waals surface area contributed by atoms with E-state index in [9.17, 15) is 18.5 Å². The van der Waals surface area contributed by atoms with Crippen LogP contribution in [0.25, 0.3) is 0 Å². The molecular formula is C4H7NO4S. The molecule has 0 aromatic carbocycles. The van der Waals surface area contributed by atoms with Crippen molar-refractivity contribution in [1.29, 1.82) is 0 Å². The number of hydrogen-bond acceptors (Lipinski definition) is 4. The van der Waals surface area contributed by atoms with Gasteiger partial charge in [-0.05, 0) is 6.92 Å². The molecule has 58 valence electrons. The van der Waals surface area contributed by atoms with Crippen molar-refractivity contribution in [1.82, 2.24) is 0 Å². The van der Waals surface area contributed by atoms with E-state index < -0.39 is 19.8 Å². The van der Waals surface area contributed by atoms with Gasteiger partial charge in [0, 0.05) is 12.3 Å². The van der Waals surface area contributed by atoms with E-state index in [1.54, 1.807) is 0 Å². The van der Waals surface area contributed by atoms with Crippen LogP contribution in [-0.4, -0.2) is 19.6 Å². The SMILES string of the molecule is C/C=C(\[N+](=O)[O-])S(C)(=O)=O. The molecular weight excluding hydrogens is 158 g/mol. The van der Waals surface area contributed by atoms with Crippen LogP contribution in [0, 0.1) is 10.1 Å². The Hall–Kier alpha value is -0.910. The summed E-state index contributed by atoms with van der Waals surface area (Å²) < 4.78 is 21.0. The molecule has 0 fully saturated rings. The first-order chi connectivity index (χ1) is 4.39. The Bertz CT molecular complexity index is 263. The lowest BCUT2D eigenvalue weighted by atomic mass is 10.7. The summed E-state index contributed by atoms with van der Waals surface area (Å²) in [4.78, 5) is 9.01. The third kappa shape index (κ3) is 2.14.